The monoisotopic (exact) mass is 211 g/mol. The Balaban J connectivity index is 1.90. The highest BCUT2D eigenvalue weighted by atomic mass is 16.2. The Kier molecular flexibility index (Phi) is 3.59. The number of carbonyl (C=O) groups excluding carboxylic acids is 1. The second-order valence-electron chi connectivity index (χ2n) is 4.61. The molecule has 2 atom stereocenters. The summed E-state index contributed by atoms with van der Waals surface area (Å²) < 4.78 is 0. The van der Waals surface area contributed by atoms with Gasteiger partial charge in [0.25, 0.3) is 0 Å². The van der Waals surface area contributed by atoms with Crippen molar-refractivity contribution in [1.82, 2.24) is 15.5 Å². The van der Waals surface area contributed by atoms with Crippen LogP contribution in [-0.2, 0) is 4.79 Å². The minimum absolute atomic E-state index is 0.00565. The lowest BCUT2D eigenvalue weighted by Gasteiger charge is -2.25. The van der Waals surface area contributed by atoms with E-state index in [1.807, 2.05) is 11.8 Å². The van der Waals surface area contributed by atoms with Crippen LogP contribution >= 0.6 is 0 Å². The Morgan fingerprint density at radius 3 is 2.87 bits per heavy atom. The van der Waals surface area contributed by atoms with Crippen LogP contribution in [0.3, 0.4) is 0 Å². The lowest BCUT2D eigenvalue weighted by atomic mass is 10.2. The summed E-state index contributed by atoms with van der Waals surface area (Å²) in [6, 6.07) is 0.521. The third-order valence-corrected chi connectivity index (χ3v) is 3.34. The van der Waals surface area contributed by atoms with E-state index in [2.05, 4.69) is 10.6 Å². The lowest BCUT2D eigenvalue weighted by molar-refractivity contribution is -0.132. The van der Waals surface area contributed by atoms with E-state index in [-0.39, 0.29) is 11.9 Å². The average molecular weight is 211 g/mol. The summed E-state index contributed by atoms with van der Waals surface area (Å²) in [5.41, 5.74) is 0. The van der Waals surface area contributed by atoms with Crippen molar-refractivity contribution in [1.29, 1.82) is 0 Å². The van der Waals surface area contributed by atoms with Gasteiger partial charge in [0.05, 0.1) is 6.04 Å². The van der Waals surface area contributed by atoms with Gasteiger partial charge in [-0.2, -0.15) is 0 Å². The molecule has 0 bridgehead atoms. The first-order valence-corrected chi connectivity index (χ1v) is 6.03. The summed E-state index contributed by atoms with van der Waals surface area (Å²) in [5.74, 6) is 0.265. The smallest absolute Gasteiger partial charge is 0.239 e. The highest BCUT2D eigenvalue weighted by molar-refractivity contribution is 5.81. The van der Waals surface area contributed by atoms with Gasteiger partial charge in [0.15, 0.2) is 0 Å². The molecule has 2 saturated heterocycles. The zero-order valence-corrected chi connectivity index (χ0v) is 9.46. The molecule has 1 amide bonds. The Bertz CT molecular complexity index is 226. The summed E-state index contributed by atoms with van der Waals surface area (Å²) >= 11 is 0. The maximum Gasteiger partial charge on any atom is 0.239 e. The van der Waals surface area contributed by atoms with Gasteiger partial charge in [-0.15, -0.1) is 0 Å². The van der Waals surface area contributed by atoms with E-state index in [1.165, 1.54) is 12.8 Å². The molecule has 0 aromatic rings. The molecule has 2 heterocycles. The van der Waals surface area contributed by atoms with Gasteiger partial charge >= 0.3 is 0 Å². The van der Waals surface area contributed by atoms with Crippen LogP contribution < -0.4 is 10.6 Å². The molecule has 0 radical (unpaired) electrons. The van der Waals surface area contributed by atoms with Crippen molar-refractivity contribution in [3.05, 3.63) is 0 Å². The van der Waals surface area contributed by atoms with Crippen LogP contribution in [0.4, 0.5) is 0 Å². The Hall–Kier alpha value is -0.610. The topological polar surface area (TPSA) is 44.4 Å². The van der Waals surface area contributed by atoms with E-state index in [1.54, 1.807) is 0 Å². The van der Waals surface area contributed by atoms with Gasteiger partial charge < -0.3 is 15.5 Å². The van der Waals surface area contributed by atoms with Gasteiger partial charge in [-0.1, -0.05) is 0 Å². The van der Waals surface area contributed by atoms with Crippen molar-refractivity contribution in [2.75, 3.05) is 26.2 Å². The number of nitrogens with zero attached hydrogens (tertiary/aromatic N) is 1. The van der Waals surface area contributed by atoms with Crippen LogP contribution in [0.5, 0.6) is 0 Å². The van der Waals surface area contributed by atoms with Crippen molar-refractivity contribution in [3.63, 3.8) is 0 Å². The van der Waals surface area contributed by atoms with Crippen LogP contribution in [-0.4, -0.2) is 49.1 Å². The van der Waals surface area contributed by atoms with Crippen molar-refractivity contribution in [3.8, 4) is 0 Å². The Morgan fingerprint density at radius 1 is 1.33 bits per heavy atom. The Morgan fingerprint density at radius 2 is 2.13 bits per heavy atom. The first-order valence-electron chi connectivity index (χ1n) is 6.03. The van der Waals surface area contributed by atoms with Crippen molar-refractivity contribution in [2.24, 2.45) is 0 Å². The third kappa shape index (κ3) is 2.69. The molecule has 15 heavy (non-hydrogen) atoms. The normalized spacial score (nSPS) is 33.1. The molecule has 0 aromatic carbocycles. The average Bonchev–Trinajstić information content (AvgIpc) is 2.68. The molecule has 0 spiro atoms. The standard InChI is InChI=1S/C11H21N3O/c1-9-11(15)14(7-3-6-12-9)8-10-4-2-5-13-10/h9-10,12-13H,2-8H2,1H3. The molecular formula is C11H21N3O. The molecule has 2 aliphatic heterocycles. The maximum absolute atomic E-state index is 12.0. The van der Waals surface area contributed by atoms with Gasteiger partial charge in [0.1, 0.15) is 0 Å². The molecule has 2 fully saturated rings. The molecule has 2 aliphatic rings. The highest BCUT2D eigenvalue weighted by Crippen LogP contribution is 2.09. The fourth-order valence-electron chi connectivity index (χ4n) is 2.42. The summed E-state index contributed by atoms with van der Waals surface area (Å²) in [6.45, 7) is 5.84. The second-order valence-corrected chi connectivity index (χ2v) is 4.61. The predicted octanol–water partition coefficient (Wildman–Crippen LogP) is -0.0512. The summed E-state index contributed by atoms with van der Waals surface area (Å²) in [6.07, 6.45) is 3.54. The van der Waals surface area contributed by atoms with E-state index in [4.69, 9.17) is 0 Å². The van der Waals surface area contributed by atoms with Crippen LogP contribution in [0.2, 0.25) is 0 Å². The van der Waals surface area contributed by atoms with Gasteiger partial charge in [-0.3, -0.25) is 4.79 Å². The van der Waals surface area contributed by atoms with Crippen LogP contribution in [0.25, 0.3) is 0 Å². The highest BCUT2D eigenvalue weighted by Gasteiger charge is 2.26. The summed E-state index contributed by atoms with van der Waals surface area (Å²) in [7, 11) is 0. The van der Waals surface area contributed by atoms with E-state index in [0.717, 1.165) is 32.6 Å². The lowest BCUT2D eigenvalue weighted by Crippen LogP contribution is -2.46. The third-order valence-electron chi connectivity index (χ3n) is 3.34. The minimum Gasteiger partial charge on any atom is -0.340 e. The molecule has 2 N–H and O–H groups in total. The molecule has 0 aromatic heterocycles. The second kappa shape index (κ2) is 4.94. The molecule has 4 heteroatoms. The van der Waals surface area contributed by atoms with Crippen LogP contribution in [0.15, 0.2) is 0 Å². The molecule has 2 unspecified atom stereocenters. The number of amides is 1. The minimum atomic E-state index is -0.00565. The predicted molar refractivity (Wildman–Crippen MR) is 59.7 cm³/mol. The van der Waals surface area contributed by atoms with Gasteiger partial charge in [-0.25, -0.2) is 0 Å². The molecular weight excluding hydrogens is 190 g/mol. The van der Waals surface area contributed by atoms with Crippen molar-refractivity contribution < 1.29 is 4.79 Å². The summed E-state index contributed by atoms with van der Waals surface area (Å²) in [4.78, 5) is 14.0. The SMILES string of the molecule is CC1NCCCN(CC2CCCN2)C1=O. The first-order chi connectivity index (χ1) is 7.27. The molecule has 4 nitrogen and oxygen atoms in total. The van der Waals surface area contributed by atoms with E-state index < -0.39 is 0 Å². The number of rotatable bonds is 2. The van der Waals surface area contributed by atoms with Gasteiger partial charge in [0, 0.05) is 19.1 Å². The van der Waals surface area contributed by atoms with Crippen molar-refractivity contribution in [2.45, 2.75) is 38.3 Å². The van der Waals surface area contributed by atoms with Crippen molar-refractivity contribution >= 4 is 5.91 Å². The zero-order chi connectivity index (χ0) is 10.7. The fourth-order valence-corrected chi connectivity index (χ4v) is 2.42. The fraction of sp³-hybridized carbons (Fsp3) is 0.909. The first kappa shape index (κ1) is 10.9. The largest absolute Gasteiger partial charge is 0.340 e. The van der Waals surface area contributed by atoms with Gasteiger partial charge in [-0.05, 0) is 39.3 Å². The van der Waals surface area contributed by atoms with Gasteiger partial charge in [0.2, 0.25) is 5.91 Å². The Labute approximate surface area is 91.4 Å². The quantitative estimate of drug-likeness (QED) is 0.673. The van der Waals surface area contributed by atoms with E-state index in [0.29, 0.717) is 6.04 Å². The molecule has 0 saturated carbocycles. The van der Waals surface area contributed by atoms with E-state index in [9.17, 15) is 4.79 Å². The molecule has 2 rings (SSSR count). The molecule has 0 aliphatic carbocycles. The zero-order valence-electron chi connectivity index (χ0n) is 9.46. The number of nitrogens with one attached hydrogen (secondary N) is 2. The number of hydrogen-bond donors (Lipinski definition) is 2. The van der Waals surface area contributed by atoms with Crippen LogP contribution in [0, 0.1) is 0 Å². The number of carbonyl (C=O) groups is 1. The summed E-state index contributed by atoms with van der Waals surface area (Å²) in [5, 5.41) is 6.68. The molecule has 86 valence electrons. The van der Waals surface area contributed by atoms with E-state index >= 15 is 0 Å². The number of hydrogen-bond acceptors (Lipinski definition) is 3. The maximum atomic E-state index is 12.0. The van der Waals surface area contributed by atoms with Crippen LogP contribution in [0.1, 0.15) is 26.2 Å².